The summed E-state index contributed by atoms with van der Waals surface area (Å²) in [6.07, 6.45) is 0.345. The van der Waals surface area contributed by atoms with Gasteiger partial charge in [0.15, 0.2) is 11.9 Å². The molecule has 2 aromatic heterocycles. The topological polar surface area (TPSA) is 202 Å². The standard InChI is InChI=1S/C19H29ClN5O9P/c1-32-9-19(8-26,35(29,30)31)33-7-12-13(27)14(28)17(34-12)25-16-11(6-21-25)15(23-18(20)24-16)22-10-4-2-3-5-10/h6,10,12-14,17,26-28H,2-5,7-9H2,1H3,(H,22,23,24)(H2,29,30,31)/t12-,13-,14-,17-,19+/m1/s1. The number of nitrogens with one attached hydrogen (secondary N) is 1. The number of anilines is 1. The van der Waals surface area contributed by atoms with Crippen molar-refractivity contribution in [1.82, 2.24) is 19.7 Å². The largest absolute Gasteiger partial charge is 0.393 e. The molecule has 0 aromatic carbocycles. The highest BCUT2D eigenvalue weighted by Crippen LogP contribution is 2.51. The van der Waals surface area contributed by atoms with Crippen LogP contribution in [0.4, 0.5) is 5.82 Å². The molecule has 6 N–H and O–H groups in total. The highest BCUT2D eigenvalue weighted by molar-refractivity contribution is 7.53. The second-order valence-corrected chi connectivity index (χ2v) is 11.0. The minimum atomic E-state index is -4.99. The first kappa shape index (κ1) is 26.6. The molecule has 14 nitrogen and oxygen atoms in total. The number of hydrogen-bond acceptors (Lipinski definition) is 11. The predicted molar refractivity (Wildman–Crippen MR) is 122 cm³/mol. The highest BCUT2D eigenvalue weighted by atomic mass is 35.5. The monoisotopic (exact) mass is 537 g/mol. The molecule has 1 aliphatic heterocycles. The van der Waals surface area contributed by atoms with E-state index in [1.165, 1.54) is 18.0 Å². The maximum absolute atomic E-state index is 11.9. The van der Waals surface area contributed by atoms with Crippen molar-refractivity contribution >= 4 is 36.0 Å². The van der Waals surface area contributed by atoms with E-state index in [9.17, 15) is 29.7 Å². The van der Waals surface area contributed by atoms with Gasteiger partial charge in [0, 0.05) is 13.2 Å². The van der Waals surface area contributed by atoms with Crippen molar-refractivity contribution in [1.29, 1.82) is 0 Å². The molecule has 1 saturated heterocycles. The van der Waals surface area contributed by atoms with Crippen molar-refractivity contribution in [3.05, 3.63) is 11.5 Å². The molecule has 0 amide bonds. The number of hydrogen-bond donors (Lipinski definition) is 6. The van der Waals surface area contributed by atoms with Crippen LogP contribution in [0.25, 0.3) is 11.0 Å². The molecule has 196 valence electrons. The number of nitrogens with zero attached hydrogens (tertiary/aromatic N) is 4. The Morgan fingerprint density at radius 2 is 2.00 bits per heavy atom. The third-order valence-electron chi connectivity index (χ3n) is 6.36. The first-order valence-corrected chi connectivity index (χ1v) is 13.1. The molecule has 2 aromatic rings. The van der Waals surface area contributed by atoms with Crippen LogP contribution in [-0.4, -0.2) is 101 Å². The summed E-state index contributed by atoms with van der Waals surface area (Å²) in [5.74, 6) is 0.500. The number of aliphatic hydroxyl groups excluding tert-OH is 3. The molecule has 3 heterocycles. The van der Waals surface area contributed by atoms with Gasteiger partial charge in [0.1, 0.15) is 24.1 Å². The Morgan fingerprint density at radius 1 is 1.29 bits per heavy atom. The van der Waals surface area contributed by atoms with Gasteiger partial charge in [-0.3, -0.25) is 4.57 Å². The van der Waals surface area contributed by atoms with Crippen LogP contribution in [0.15, 0.2) is 6.20 Å². The number of aliphatic hydroxyl groups is 3. The van der Waals surface area contributed by atoms with Crippen molar-refractivity contribution in [2.24, 2.45) is 0 Å². The van der Waals surface area contributed by atoms with Crippen LogP contribution < -0.4 is 5.32 Å². The Hall–Kier alpha value is -1.45. The maximum Gasteiger partial charge on any atom is 0.361 e. The van der Waals surface area contributed by atoms with Crippen molar-refractivity contribution < 1.29 is 43.9 Å². The smallest absolute Gasteiger partial charge is 0.361 e. The van der Waals surface area contributed by atoms with Gasteiger partial charge in [0.05, 0.1) is 31.4 Å². The summed E-state index contributed by atoms with van der Waals surface area (Å²) < 4.78 is 29.1. The fraction of sp³-hybridized carbons (Fsp3) is 0.737. The average Bonchev–Trinajstić information content (AvgIpc) is 3.52. The van der Waals surface area contributed by atoms with E-state index < -0.39 is 57.3 Å². The summed E-state index contributed by atoms with van der Waals surface area (Å²) in [4.78, 5) is 27.8. The molecular formula is C19H29ClN5O9P. The molecule has 16 heteroatoms. The van der Waals surface area contributed by atoms with Crippen LogP contribution in [0.1, 0.15) is 31.9 Å². The average molecular weight is 538 g/mol. The van der Waals surface area contributed by atoms with Gasteiger partial charge in [-0.25, -0.2) is 4.68 Å². The Kier molecular flexibility index (Phi) is 7.98. The zero-order chi connectivity index (χ0) is 25.4. The highest BCUT2D eigenvalue weighted by Gasteiger charge is 2.51. The Balaban J connectivity index is 1.56. The quantitative estimate of drug-likeness (QED) is 0.174. The van der Waals surface area contributed by atoms with Crippen LogP contribution in [-0.2, 0) is 18.8 Å². The van der Waals surface area contributed by atoms with Crippen LogP contribution in [0, 0.1) is 0 Å². The number of methoxy groups -OCH3 is 1. The third kappa shape index (κ3) is 5.18. The first-order valence-electron chi connectivity index (χ1n) is 11.1. The van der Waals surface area contributed by atoms with Gasteiger partial charge in [-0.15, -0.1) is 0 Å². The minimum absolute atomic E-state index is 0.0402. The lowest BCUT2D eigenvalue weighted by Gasteiger charge is -2.32. The summed E-state index contributed by atoms with van der Waals surface area (Å²) in [7, 11) is -3.80. The van der Waals surface area contributed by atoms with Crippen molar-refractivity contribution in [2.45, 2.75) is 61.6 Å². The Morgan fingerprint density at radius 3 is 2.63 bits per heavy atom. The second-order valence-electron chi connectivity index (χ2n) is 8.73. The van der Waals surface area contributed by atoms with Gasteiger partial charge >= 0.3 is 7.60 Å². The van der Waals surface area contributed by atoms with Gasteiger partial charge in [0.25, 0.3) is 0 Å². The molecule has 5 atom stereocenters. The SMILES string of the molecule is COC[C@@](CO)(OC[C@H]1O[C@@H](n2ncc3c(NC4CCCC4)nc(Cl)nc32)[C@H](O)[C@@H]1O)P(=O)(O)O. The summed E-state index contributed by atoms with van der Waals surface area (Å²) in [5.41, 5.74) is 0.266. The maximum atomic E-state index is 11.9. The third-order valence-corrected chi connectivity index (χ3v) is 8.00. The van der Waals surface area contributed by atoms with Gasteiger partial charge in [-0.05, 0) is 24.4 Å². The van der Waals surface area contributed by atoms with Crippen LogP contribution in [0.5, 0.6) is 0 Å². The summed E-state index contributed by atoms with van der Waals surface area (Å²) in [5, 5.41) is 36.6. The van der Waals surface area contributed by atoms with E-state index in [1.54, 1.807) is 0 Å². The summed E-state index contributed by atoms with van der Waals surface area (Å²) >= 11 is 6.14. The van der Waals surface area contributed by atoms with E-state index in [-0.39, 0.29) is 17.0 Å². The van der Waals surface area contributed by atoms with Gasteiger partial charge in [-0.2, -0.15) is 15.1 Å². The lowest BCUT2D eigenvalue weighted by atomic mass is 10.1. The molecule has 35 heavy (non-hydrogen) atoms. The van der Waals surface area contributed by atoms with Crippen molar-refractivity contribution in [2.75, 3.05) is 32.2 Å². The molecule has 0 spiro atoms. The van der Waals surface area contributed by atoms with E-state index in [2.05, 4.69) is 20.4 Å². The second kappa shape index (κ2) is 10.5. The molecule has 0 unspecified atom stereocenters. The molecular weight excluding hydrogens is 509 g/mol. The molecule has 0 bridgehead atoms. The number of rotatable bonds is 10. The van der Waals surface area contributed by atoms with E-state index in [1.807, 2.05) is 0 Å². The minimum Gasteiger partial charge on any atom is -0.393 e. The first-order chi connectivity index (χ1) is 16.6. The lowest BCUT2D eigenvalue weighted by molar-refractivity contribution is -0.125. The molecule has 0 radical (unpaired) electrons. The molecule has 1 saturated carbocycles. The van der Waals surface area contributed by atoms with Gasteiger partial charge in [0.2, 0.25) is 10.6 Å². The number of fused-ring (bicyclic) bond motifs is 1. The zero-order valence-corrected chi connectivity index (χ0v) is 20.5. The Labute approximate surface area is 205 Å². The van der Waals surface area contributed by atoms with E-state index >= 15 is 0 Å². The van der Waals surface area contributed by atoms with Gasteiger partial charge < -0.3 is 44.6 Å². The normalized spacial score (nSPS) is 27.5. The van der Waals surface area contributed by atoms with Crippen LogP contribution in [0.2, 0.25) is 5.28 Å². The van der Waals surface area contributed by atoms with E-state index in [0.29, 0.717) is 11.2 Å². The van der Waals surface area contributed by atoms with Crippen molar-refractivity contribution in [3.8, 4) is 0 Å². The van der Waals surface area contributed by atoms with Gasteiger partial charge in [-0.1, -0.05) is 12.8 Å². The molecule has 2 fully saturated rings. The Bertz CT molecular complexity index is 1080. The molecule has 1 aliphatic carbocycles. The van der Waals surface area contributed by atoms with E-state index in [4.69, 9.17) is 25.8 Å². The fourth-order valence-electron chi connectivity index (χ4n) is 4.38. The lowest BCUT2D eigenvalue weighted by Crippen LogP contribution is -2.44. The number of aromatic nitrogens is 4. The zero-order valence-electron chi connectivity index (χ0n) is 18.9. The predicted octanol–water partition coefficient (Wildman–Crippen LogP) is -0.0173. The number of halogens is 1. The van der Waals surface area contributed by atoms with Crippen LogP contribution in [0.3, 0.4) is 0 Å². The number of ether oxygens (including phenoxy) is 3. The fourth-order valence-corrected chi connectivity index (χ4v) is 5.27. The summed E-state index contributed by atoms with van der Waals surface area (Å²) in [6, 6.07) is 0.247. The van der Waals surface area contributed by atoms with Crippen LogP contribution >= 0.6 is 19.2 Å². The summed E-state index contributed by atoms with van der Waals surface area (Å²) in [6.45, 7) is -2.22. The molecule has 2 aliphatic rings. The van der Waals surface area contributed by atoms with Crippen molar-refractivity contribution in [3.63, 3.8) is 0 Å². The van der Waals surface area contributed by atoms with E-state index in [0.717, 1.165) is 25.7 Å². The molecule has 4 rings (SSSR count).